The second-order valence-corrected chi connectivity index (χ2v) is 7.91. The zero-order valence-electron chi connectivity index (χ0n) is 18.0. The summed E-state index contributed by atoms with van der Waals surface area (Å²) in [5.74, 6) is 1.57. The Kier molecular flexibility index (Phi) is 6.61. The lowest BCUT2D eigenvalue weighted by Crippen LogP contribution is -2.36. The van der Waals surface area contributed by atoms with Crippen LogP contribution in [0.25, 0.3) is 11.0 Å². The zero-order valence-corrected chi connectivity index (χ0v) is 18.0. The second-order valence-electron chi connectivity index (χ2n) is 7.91. The number of anilines is 3. The fraction of sp³-hybridized carbons (Fsp3) is 0.455. The monoisotopic (exact) mass is 423 g/mol. The molecule has 1 aliphatic rings. The minimum absolute atomic E-state index is 0.00575. The van der Waals surface area contributed by atoms with E-state index < -0.39 is 0 Å². The molecule has 3 aromatic rings. The number of nitrogens with one attached hydrogen (secondary N) is 2. The summed E-state index contributed by atoms with van der Waals surface area (Å²) in [4.78, 5) is 27.6. The maximum Gasteiger partial charge on any atom is 0.229 e. The van der Waals surface area contributed by atoms with Gasteiger partial charge in [-0.25, -0.2) is 9.97 Å². The molecule has 2 N–H and O–H groups in total. The van der Waals surface area contributed by atoms with Crippen molar-refractivity contribution in [2.75, 3.05) is 43.1 Å². The lowest BCUT2D eigenvalue weighted by atomic mass is 10.2. The predicted octanol–water partition coefficient (Wildman–Crippen LogP) is 2.57. The molecule has 0 atom stereocenters. The van der Waals surface area contributed by atoms with E-state index in [0.717, 1.165) is 61.8 Å². The number of pyridine rings is 1. The highest BCUT2D eigenvalue weighted by molar-refractivity contribution is 5.78. The highest BCUT2D eigenvalue weighted by Gasteiger charge is 2.12. The number of hydrogen-bond acceptors (Lipinski definition) is 7. The summed E-state index contributed by atoms with van der Waals surface area (Å²) in [6.45, 7) is 8.40. The van der Waals surface area contributed by atoms with Gasteiger partial charge in [-0.3, -0.25) is 4.79 Å². The molecule has 0 aliphatic carbocycles. The Morgan fingerprint density at radius 3 is 2.74 bits per heavy atom. The van der Waals surface area contributed by atoms with Gasteiger partial charge in [0.15, 0.2) is 0 Å². The van der Waals surface area contributed by atoms with Gasteiger partial charge in [0.25, 0.3) is 0 Å². The van der Waals surface area contributed by atoms with Crippen molar-refractivity contribution in [1.82, 2.24) is 24.8 Å². The highest BCUT2D eigenvalue weighted by atomic mass is 16.5. The molecule has 0 saturated carbocycles. The maximum absolute atomic E-state index is 11.7. The number of fused-ring (bicyclic) bond motifs is 1. The Morgan fingerprint density at radius 1 is 1.16 bits per heavy atom. The van der Waals surface area contributed by atoms with Crippen molar-refractivity contribution in [2.24, 2.45) is 5.92 Å². The molecule has 1 fully saturated rings. The van der Waals surface area contributed by atoms with Gasteiger partial charge in [-0.15, -0.1) is 0 Å². The zero-order chi connectivity index (χ0) is 21.6. The molecular formula is C22H29N7O2. The van der Waals surface area contributed by atoms with Crippen LogP contribution in [0.2, 0.25) is 0 Å². The molecule has 0 spiro atoms. The van der Waals surface area contributed by atoms with Crippen molar-refractivity contribution in [3.8, 4) is 0 Å². The summed E-state index contributed by atoms with van der Waals surface area (Å²) < 4.78 is 7.48. The lowest BCUT2D eigenvalue weighted by Gasteiger charge is -2.27. The number of ether oxygens (including phenoxy) is 1. The number of aromatic nitrogens is 4. The van der Waals surface area contributed by atoms with Crippen molar-refractivity contribution >= 4 is 34.4 Å². The van der Waals surface area contributed by atoms with Crippen LogP contribution in [0, 0.1) is 5.92 Å². The van der Waals surface area contributed by atoms with Gasteiger partial charge in [-0.1, -0.05) is 13.8 Å². The number of carbonyl (C=O) groups excluding carboxylic acids is 1. The van der Waals surface area contributed by atoms with Crippen molar-refractivity contribution in [3.63, 3.8) is 0 Å². The molecule has 164 valence electrons. The molecule has 31 heavy (non-hydrogen) atoms. The van der Waals surface area contributed by atoms with E-state index in [1.807, 2.05) is 44.4 Å². The highest BCUT2D eigenvalue weighted by Crippen LogP contribution is 2.20. The smallest absolute Gasteiger partial charge is 0.229 e. The summed E-state index contributed by atoms with van der Waals surface area (Å²) in [6.07, 6.45) is 6.46. The molecule has 4 heterocycles. The van der Waals surface area contributed by atoms with E-state index in [1.165, 1.54) is 0 Å². The Hall–Kier alpha value is -3.20. The van der Waals surface area contributed by atoms with Crippen LogP contribution < -0.4 is 15.5 Å². The van der Waals surface area contributed by atoms with Crippen LogP contribution in [0.5, 0.6) is 0 Å². The Morgan fingerprint density at radius 2 is 2.00 bits per heavy atom. The first-order valence-electron chi connectivity index (χ1n) is 10.8. The minimum atomic E-state index is 0.00575. The van der Waals surface area contributed by atoms with E-state index >= 15 is 0 Å². The van der Waals surface area contributed by atoms with Crippen molar-refractivity contribution in [2.45, 2.75) is 26.8 Å². The first-order valence-corrected chi connectivity index (χ1v) is 10.8. The fourth-order valence-electron chi connectivity index (χ4n) is 3.45. The molecule has 0 bridgehead atoms. The molecular weight excluding hydrogens is 394 g/mol. The molecule has 4 rings (SSSR count). The van der Waals surface area contributed by atoms with Gasteiger partial charge in [-0.05, 0) is 24.6 Å². The van der Waals surface area contributed by atoms with Crippen LogP contribution >= 0.6 is 0 Å². The Labute approximate surface area is 181 Å². The average molecular weight is 424 g/mol. The fourth-order valence-corrected chi connectivity index (χ4v) is 3.45. The van der Waals surface area contributed by atoms with E-state index in [4.69, 9.17) is 4.74 Å². The number of hydrogen-bond donors (Lipinski definition) is 2. The Balaban J connectivity index is 1.38. The third-order valence-electron chi connectivity index (χ3n) is 5.24. The van der Waals surface area contributed by atoms with Crippen LogP contribution in [0.1, 0.15) is 20.3 Å². The predicted molar refractivity (Wildman–Crippen MR) is 121 cm³/mol. The molecule has 9 heteroatoms. The van der Waals surface area contributed by atoms with E-state index in [-0.39, 0.29) is 11.8 Å². The van der Waals surface area contributed by atoms with Crippen LogP contribution in [-0.2, 0) is 16.1 Å². The van der Waals surface area contributed by atoms with Gasteiger partial charge in [0.2, 0.25) is 11.9 Å². The third kappa shape index (κ3) is 5.29. The topological polar surface area (TPSA) is 97.2 Å². The normalized spacial score (nSPS) is 14.2. The molecule has 1 amide bonds. The molecule has 9 nitrogen and oxygen atoms in total. The number of aryl methyl sites for hydroxylation is 1. The summed E-state index contributed by atoms with van der Waals surface area (Å²) >= 11 is 0. The van der Waals surface area contributed by atoms with Crippen LogP contribution in [0.4, 0.5) is 17.5 Å². The molecule has 0 radical (unpaired) electrons. The largest absolute Gasteiger partial charge is 0.378 e. The van der Waals surface area contributed by atoms with Gasteiger partial charge in [-0.2, -0.15) is 4.98 Å². The summed E-state index contributed by atoms with van der Waals surface area (Å²) in [5, 5.41) is 7.17. The van der Waals surface area contributed by atoms with Gasteiger partial charge < -0.3 is 24.8 Å². The van der Waals surface area contributed by atoms with E-state index in [0.29, 0.717) is 12.5 Å². The Bertz CT molecular complexity index is 1010. The van der Waals surface area contributed by atoms with E-state index in [1.54, 1.807) is 6.20 Å². The van der Waals surface area contributed by atoms with Crippen molar-refractivity contribution < 1.29 is 9.53 Å². The quantitative estimate of drug-likeness (QED) is 0.538. The van der Waals surface area contributed by atoms with Crippen molar-refractivity contribution in [3.05, 3.63) is 36.8 Å². The maximum atomic E-state index is 11.7. The summed E-state index contributed by atoms with van der Waals surface area (Å²) in [6, 6.07) is 5.99. The number of rotatable bonds is 8. The van der Waals surface area contributed by atoms with Gasteiger partial charge >= 0.3 is 0 Å². The number of morpholine rings is 1. The van der Waals surface area contributed by atoms with Gasteiger partial charge in [0.05, 0.1) is 25.1 Å². The van der Waals surface area contributed by atoms with E-state index in [9.17, 15) is 4.79 Å². The van der Waals surface area contributed by atoms with Crippen molar-refractivity contribution in [1.29, 1.82) is 0 Å². The summed E-state index contributed by atoms with van der Waals surface area (Å²) in [5.41, 5.74) is 1.71. The molecule has 1 aliphatic heterocycles. The third-order valence-corrected chi connectivity index (χ3v) is 5.24. The van der Waals surface area contributed by atoms with E-state index in [2.05, 4.69) is 35.1 Å². The summed E-state index contributed by atoms with van der Waals surface area (Å²) in [7, 11) is 0. The standard InChI is InChI=1S/C22H29N7O2/c1-16(2)21(30)23-7-3-8-29-9-6-17-14-25-22(27-20(17)29)26-18-4-5-19(24-15-18)28-10-12-31-13-11-28/h4-6,9,14-16H,3,7-8,10-13H2,1-2H3,(H,23,30)(H,25,26,27). The second kappa shape index (κ2) is 9.74. The number of amides is 1. The lowest BCUT2D eigenvalue weighted by molar-refractivity contribution is -0.123. The first kappa shape index (κ1) is 21.0. The SMILES string of the molecule is CC(C)C(=O)NCCCn1ccc2cnc(Nc3ccc(N4CCOCC4)nc3)nc21. The average Bonchev–Trinajstić information content (AvgIpc) is 3.20. The first-order chi connectivity index (χ1) is 15.1. The van der Waals surface area contributed by atoms with Crippen LogP contribution in [-0.4, -0.2) is 58.3 Å². The van der Waals surface area contributed by atoms with Gasteiger partial charge in [0.1, 0.15) is 11.5 Å². The van der Waals surface area contributed by atoms with Crippen LogP contribution in [0.15, 0.2) is 36.8 Å². The number of carbonyl (C=O) groups is 1. The van der Waals surface area contributed by atoms with Gasteiger partial charge in [0, 0.05) is 49.9 Å². The molecule has 0 unspecified atom stereocenters. The van der Waals surface area contributed by atoms with Crippen LogP contribution in [0.3, 0.4) is 0 Å². The number of nitrogens with zero attached hydrogens (tertiary/aromatic N) is 5. The minimum Gasteiger partial charge on any atom is -0.378 e. The molecule has 1 saturated heterocycles. The molecule has 3 aromatic heterocycles. The molecule has 0 aromatic carbocycles.